The van der Waals surface area contributed by atoms with Crippen molar-refractivity contribution < 1.29 is 19.2 Å². The summed E-state index contributed by atoms with van der Waals surface area (Å²) in [5.74, 6) is -1.25. The van der Waals surface area contributed by atoms with Crippen molar-refractivity contribution >= 4 is 11.8 Å². The third-order valence-corrected chi connectivity index (χ3v) is 3.86. The number of nitrogens with zero attached hydrogens (tertiary/aromatic N) is 3. The van der Waals surface area contributed by atoms with E-state index >= 15 is 0 Å². The molecule has 1 aromatic carbocycles. The van der Waals surface area contributed by atoms with Gasteiger partial charge >= 0.3 is 0 Å². The number of benzene rings is 1. The molecule has 9 heteroatoms. The zero-order valence-electron chi connectivity index (χ0n) is 15.1. The molecule has 0 bridgehead atoms. The molecule has 0 radical (unpaired) electrons. The van der Waals surface area contributed by atoms with Crippen LogP contribution in [0.15, 0.2) is 41.1 Å². The molecule has 3 N–H and O–H groups in total. The van der Waals surface area contributed by atoms with Crippen LogP contribution in [0.4, 0.5) is 0 Å². The molecule has 2 heterocycles. The summed E-state index contributed by atoms with van der Waals surface area (Å²) in [4.78, 5) is 24.7. The van der Waals surface area contributed by atoms with Gasteiger partial charge in [-0.05, 0) is 19.1 Å². The fourth-order valence-electron chi connectivity index (χ4n) is 2.53. The van der Waals surface area contributed by atoms with Crippen molar-refractivity contribution in [2.75, 3.05) is 0 Å². The fourth-order valence-corrected chi connectivity index (χ4v) is 2.53. The van der Waals surface area contributed by atoms with Crippen LogP contribution in [0.1, 0.15) is 52.1 Å². The number of rotatable bonds is 4. The van der Waals surface area contributed by atoms with Crippen LogP contribution >= 0.6 is 0 Å². The van der Waals surface area contributed by atoms with E-state index in [1.165, 1.54) is 10.9 Å². The minimum absolute atomic E-state index is 0.0479. The van der Waals surface area contributed by atoms with E-state index < -0.39 is 11.8 Å². The summed E-state index contributed by atoms with van der Waals surface area (Å²) in [5, 5.41) is 17.8. The molecule has 27 heavy (non-hydrogen) atoms. The molecule has 2 amide bonds. The molecule has 0 aliphatic carbocycles. The van der Waals surface area contributed by atoms with Gasteiger partial charge in [0, 0.05) is 5.92 Å². The first-order valence-corrected chi connectivity index (χ1v) is 8.29. The summed E-state index contributed by atoms with van der Waals surface area (Å²) in [6.45, 7) is 5.37. The van der Waals surface area contributed by atoms with Crippen molar-refractivity contribution in [2.24, 2.45) is 0 Å². The molecule has 9 nitrogen and oxygen atoms in total. The normalized spacial score (nSPS) is 10.8. The summed E-state index contributed by atoms with van der Waals surface area (Å²) in [7, 11) is 0. The number of amides is 2. The predicted molar refractivity (Wildman–Crippen MR) is 95.5 cm³/mol. The molecule has 2 aromatic heterocycles. The predicted octanol–water partition coefficient (Wildman–Crippen LogP) is 2.07. The maximum Gasteiger partial charge on any atom is 0.294 e. The average molecular weight is 369 g/mol. The lowest BCUT2D eigenvalue weighted by molar-refractivity contribution is 0.0840. The highest BCUT2D eigenvalue weighted by molar-refractivity contribution is 6.00. The van der Waals surface area contributed by atoms with Crippen LogP contribution in [0.2, 0.25) is 0 Å². The summed E-state index contributed by atoms with van der Waals surface area (Å²) >= 11 is 0. The van der Waals surface area contributed by atoms with Crippen molar-refractivity contribution in [3.8, 4) is 11.4 Å². The van der Waals surface area contributed by atoms with Crippen molar-refractivity contribution in [1.29, 1.82) is 0 Å². The quantitative estimate of drug-likeness (QED) is 0.605. The third-order valence-electron chi connectivity index (χ3n) is 3.86. The largest absolute Gasteiger partial charge is 0.504 e. The Labute approximate surface area is 154 Å². The SMILES string of the molecule is Cc1noc(C(C)C)c1C(=O)NNC(=O)c1nn(-c2ccccc2)cc1O. The molecule has 0 spiro atoms. The zero-order chi connectivity index (χ0) is 19.6. The van der Waals surface area contributed by atoms with E-state index in [0.717, 1.165) is 0 Å². The summed E-state index contributed by atoms with van der Waals surface area (Å²) in [6, 6.07) is 9.01. The van der Waals surface area contributed by atoms with E-state index in [1.807, 2.05) is 32.0 Å². The molecule has 0 aliphatic heterocycles. The highest BCUT2D eigenvalue weighted by Gasteiger charge is 2.24. The molecule has 0 aliphatic rings. The van der Waals surface area contributed by atoms with Crippen LogP contribution in [0.5, 0.6) is 5.75 Å². The highest BCUT2D eigenvalue weighted by Crippen LogP contribution is 2.22. The second kappa shape index (κ2) is 7.32. The lowest BCUT2D eigenvalue weighted by Gasteiger charge is -2.07. The molecule has 3 rings (SSSR count). The Morgan fingerprint density at radius 2 is 1.81 bits per heavy atom. The maximum atomic E-state index is 12.4. The number of hydrogen-bond acceptors (Lipinski definition) is 6. The Kier molecular flexibility index (Phi) is 4.93. The van der Waals surface area contributed by atoms with Gasteiger partial charge in [0.15, 0.2) is 17.2 Å². The van der Waals surface area contributed by atoms with Crippen LogP contribution in [0.25, 0.3) is 5.69 Å². The second-order valence-corrected chi connectivity index (χ2v) is 6.21. The number of carbonyl (C=O) groups excluding carboxylic acids is 2. The second-order valence-electron chi connectivity index (χ2n) is 6.21. The van der Waals surface area contributed by atoms with Gasteiger partial charge in [0.2, 0.25) is 0 Å². The highest BCUT2D eigenvalue weighted by atomic mass is 16.5. The van der Waals surface area contributed by atoms with Crippen molar-refractivity contribution in [3.63, 3.8) is 0 Å². The Hall–Kier alpha value is -3.62. The lowest BCUT2D eigenvalue weighted by Crippen LogP contribution is -2.42. The number of aromatic nitrogens is 3. The van der Waals surface area contributed by atoms with Gasteiger partial charge in [-0.25, -0.2) is 4.68 Å². The van der Waals surface area contributed by atoms with Crippen molar-refractivity contribution in [2.45, 2.75) is 26.7 Å². The minimum Gasteiger partial charge on any atom is -0.504 e. The molecular weight excluding hydrogens is 350 g/mol. The first-order chi connectivity index (χ1) is 12.9. The monoisotopic (exact) mass is 369 g/mol. The van der Waals surface area contributed by atoms with E-state index in [0.29, 0.717) is 17.1 Å². The van der Waals surface area contributed by atoms with Crippen molar-refractivity contribution in [3.05, 3.63) is 59.2 Å². The van der Waals surface area contributed by atoms with Gasteiger partial charge in [-0.3, -0.25) is 20.4 Å². The number of aromatic hydroxyl groups is 1. The van der Waals surface area contributed by atoms with E-state index in [-0.39, 0.29) is 22.9 Å². The van der Waals surface area contributed by atoms with Crippen LogP contribution in [-0.2, 0) is 0 Å². The Morgan fingerprint density at radius 3 is 2.48 bits per heavy atom. The first kappa shape index (κ1) is 18.2. The molecule has 0 saturated carbocycles. The minimum atomic E-state index is -0.754. The Balaban J connectivity index is 1.73. The van der Waals surface area contributed by atoms with E-state index in [9.17, 15) is 14.7 Å². The van der Waals surface area contributed by atoms with Gasteiger partial charge in [-0.2, -0.15) is 5.10 Å². The lowest BCUT2D eigenvalue weighted by atomic mass is 10.1. The molecule has 0 saturated heterocycles. The molecule has 0 fully saturated rings. The number of hydrogen-bond donors (Lipinski definition) is 3. The number of aryl methyl sites for hydroxylation is 1. The number of nitrogens with one attached hydrogen (secondary N) is 2. The van der Waals surface area contributed by atoms with Crippen LogP contribution in [0.3, 0.4) is 0 Å². The first-order valence-electron chi connectivity index (χ1n) is 8.29. The van der Waals surface area contributed by atoms with Crippen LogP contribution in [0, 0.1) is 6.92 Å². The Morgan fingerprint density at radius 1 is 1.15 bits per heavy atom. The van der Waals surface area contributed by atoms with Gasteiger partial charge in [-0.1, -0.05) is 37.2 Å². The number of hydrazine groups is 1. The van der Waals surface area contributed by atoms with Crippen molar-refractivity contribution in [1.82, 2.24) is 25.8 Å². The van der Waals surface area contributed by atoms with Gasteiger partial charge < -0.3 is 9.63 Å². The topological polar surface area (TPSA) is 122 Å². The molecule has 3 aromatic rings. The van der Waals surface area contributed by atoms with Gasteiger partial charge in [-0.15, -0.1) is 0 Å². The summed E-state index contributed by atoms with van der Waals surface area (Å²) in [6.07, 6.45) is 1.31. The van der Waals surface area contributed by atoms with Gasteiger partial charge in [0.05, 0.1) is 17.6 Å². The van der Waals surface area contributed by atoms with E-state index in [2.05, 4.69) is 21.1 Å². The smallest absolute Gasteiger partial charge is 0.294 e. The molecule has 0 unspecified atom stereocenters. The summed E-state index contributed by atoms with van der Waals surface area (Å²) in [5.41, 5.74) is 5.69. The van der Waals surface area contributed by atoms with E-state index in [4.69, 9.17) is 4.52 Å². The van der Waals surface area contributed by atoms with Gasteiger partial charge in [0.1, 0.15) is 5.56 Å². The summed E-state index contributed by atoms with van der Waals surface area (Å²) < 4.78 is 6.53. The average Bonchev–Trinajstić information content (AvgIpc) is 3.23. The third kappa shape index (κ3) is 3.66. The number of para-hydroxylation sites is 1. The van der Waals surface area contributed by atoms with Crippen LogP contribution < -0.4 is 10.9 Å². The molecule has 140 valence electrons. The Bertz CT molecular complexity index is 975. The molecular formula is C18H19N5O4. The van der Waals surface area contributed by atoms with E-state index in [1.54, 1.807) is 19.1 Å². The maximum absolute atomic E-state index is 12.4. The number of carbonyl (C=O) groups is 2. The standard InChI is InChI=1S/C18H19N5O4/c1-10(2)16-14(11(3)22-27-16)17(25)19-20-18(26)15-13(24)9-23(21-15)12-7-5-4-6-8-12/h4-10,24H,1-3H3,(H,19,25)(H,20,26). The zero-order valence-corrected chi connectivity index (χ0v) is 15.1. The van der Waals surface area contributed by atoms with Gasteiger partial charge in [0.25, 0.3) is 11.8 Å². The fraction of sp³-hybridized carbons (Fsp3) is 0.222. The van der Waals surface area contributed by atoms with Crippen LogP contribution in [-0.4, -0.2) is 31.9 Å². The molecule has 0 atom stereocenters.